The van der Waals surface area contributed by atoms with Crippen molar-refractivity contribution in [3.8, 4) is 11.5 Å². The first-order valence-corrected chi connectivity index (χ1v) is 7.61. The second-order valence-electron chi connectivity index (χ2n) is 5.32. The van der Waals surface area contributed by atoms with E-state index < -0.39 is 0 Å². The Hall–Kier alpha value is -2.46. The van der Waals surface area contributed by atoms with Crippen LogP contribution in [0, 0.1) is 0 Å². The van der Waals surface area contributed by atoms with Crippen molar-refractivity contribution in [2.24, 2.45) is 0 Å². The van der Waals surface area contributed by atoms with E-state index in [-0.39, 0.29) is 12.4 Å². The highest BCUT2D eigenvalue weighted by Gasteiger charge is 2.09. The van der Waals surface area contributed by atoms with Crippen LogP contribution in [-0.2, 0) is 19.4 Å². The third-order valence-electron chi connectivity index (χ3n) is 3.65. The van der Waals surface area contributed by atoms with E-state index in [2.05, 4.69) is 11.9 Å². The first-order chi connectivity index (χ1) is 11.2. The Balaban J connectivity index is 2.10. The molecule has 2 aromatic carbocycles. The van der Waals surface area contributed by atoms with Gasteiger partial charge in [0.05, 0.1) is 7.11 Å². The number of anilines is 1. The van der Waals surface area contributed by atoms with Crippen LogP contribution in [0.3, 0.4) is 0 Å². The van der Waals surface area contributed by atoms with Crippen molar-refractivity contribution in [1.29, 1.82) is 0 Å². The Morgan fingerprint density at radius 3 is 2.52 bits per heavy atom. The van der Waals surface area contributed by atoms with E-state index in [4.69, 9.17) is 9.84 Å². The molecule has 3 N–H and O–H groups in total. The van der Waals surface area contributed by atoms with E-state index in [1.807, 2.05) is 36.4 Å². The Bertz CT molecular complexity index is 650. The summed E-state index contributed by atoms with van der Waals surface area (Å²) < 4.78 is 5.23. The first-order valence-electron chi connectivity index (χ1n) is 7.61. The fourth-order valence-electron chi connectivity index (χ4n) is 2.42. The lowest BCUT2D eigenvalue weighted by Crippen LogP contribution is -2.01. The molecular weight excluding hydrogens is 290 g/mol. The van der Waals surface area contributed by atoms with Crippen LogP contribution in [0.4, 0.5) is 5.69 Å². The maximum Gasteiger partial charge on any atom is 0.161 e. The van der Waals surface area contributed by atoms with Gasteiger partial charge in [0, 0.05) is 24.4 Å². The molecule has 0 bridgehead atoms. The van der Waals surface area contributed by atoms with E-state index in [9.17, 15) is 5.11 Å². The van der Waals surface area contributed by atoms with Gasteiger partial charge in [0.25, 0.3) is 0 Å². The molecule has 0 aliphatic heterocycles. The first kappa shape index (κ1) is 16.9. The predicted octanol–water partition coefficient (Wildman–Crippen LogP) is 3.28. The molecule has 4 heteroatoms. The zero-order valence-electron chi connectivity index (χ0n) is 13.4. The maximum atomic E-state index is 10.1. The molecule has 0 amide bonds. The average molecular weight is 313 g/mol. The van der Waals surface area contributed by atoms with Gasteiger partial charge in [-0.05, 0) is 48.2 Å². The highest BCUT2D eigenvalue weighted by Crippen LogP contribution is 2.32. The molecule has 0 aliphatic rings. The minimum absolute atomic E-state index is 0.159. The fourth-order valence-corrected chi connectivity index (χ4v) is 2.42. The number of nitrogens with one attached hydrogen (secondary N) is 1. The van der Waals surface area contributed by atoms with Crippen LogP contribution in [0.5, 0.6) is 11.5 Å². The van der Waals surface area contributed by atoms with Crippen molar-refractivity contribution in [1.82, 2.24) is 0 Å². The van der Waals surface area contributed by atoms with E-state index in [0.29, 0.717) is 25.1 Å². The third-order valence-corrected chi connectivity index (χ3v) is 3.65. The van der Waals surface area contributed by atoms with Gasteiger partial charge in [-0.1, -0.05) is 18.2 Å². The highest BCUT2D eigenvalue weighted by atomic mass is 16.5. The lowest BCUT2D eigenvalue weighted by Gasteiger charge is -2.13. The second kappa shape index (κ2) is 8.25. The van der Waals surface area contributed by atoms with E-state index in [0.717, 1.165) is 22.4 Å². The number of phenolic OH excluding ortho intramolecular Hbond substituents is 1. The Kier molecular flexibility index (Phi) is 6.06. The Morgan fingerprint density at radius 1 is 1.17 bits per heavy atom. The minimum atomic E-state index is 0.159. The molecule has 0 saturated heterocycles. The quantitative estimate of drug-likeness (QED) is 0.655. The summed E-state index contributed by atoms with van der Waals surface area (Å²) in [6.07, 6.45) is 3.01. The number of phenols is 1. The number of allylic oxidation sites excluding steroid dienone is 1. The van der Waals surface area contributed by atoms with Crippen molar-refractivity contribution in [3.63, 3.8) is 0 Å². The molecule has 0 unspecified atom stereocenters. The van der Waals surface area contributed by atoms with E-state index in [1.54, 1.807) is 13.2 Å². The van der Waals surface area contributed by atoms with Gasteiger partial charge in [-0.15, -0.1) is 6.58 Å². The second-order valence-corrected chi connectivity index (χ2v) is 5.32. The molecular formula is C19H23NO3. The summed E-state index contributed by atoms with van der Waals surface area (Å²) in [6.45, 7) is 4.50. The summed E-state index contributed by atoms with van der Waals surface area (Å²) in [4.78, 5) is 0. The number of benzene rings is 2. The van der Waals surface area contributed by atoms with Gasteiger partial charge in [0.15, 0.2) is 11.5 Å². The molecule has 0 heterocycles. The van der Waals surface area contributed by atoms with E-state index in [1.165, 1.54) is 0 Å². The number of hydrogen-bond acceptors (Lipinski definition) is 4. The SMILES string of the molecule is C=CCc1cc(CNc2ccc(CCO)cc2)cc(OC)c1O. The fraction of sp³-hybridized carbons (Fsp3) is 0.263. The smallest absolute Gasteiger partial charge is 0.161 e. The monoisotopic (exact) mass is 313 g/mol. The maximum absolute atomic E-state index is 10.1. The van der Waals surface area contributed by atoms with Gasteiger partial charge in [-0.3, -0.25) is 0 Å². The number of aliphatic hydroxyl groups is 1. The minimum Gasteiger partial charge on any atom is -0.504 e. The average Bonchev–Trinajstić information content (AvgIpc) is 2.57. The van der Waals surface area contributed by atoms with Crippen molar-refractivity contribution >= 4 is 5.69 Å². The van der Waals surface area contributed by atoms with Gasteiger partial charge < -0.3 is 20.3 Å². The number of rotatable bonds is 8. The van der Waals surface area contributed by atoms with Crippen LogP contribution >= 0.6 is 0 Å². The zero-order chi connectivity index (χ0) is 16.7. The zero-order valence-corrected chi connectivity index (χ0v) is 13.4. The van der Waals surface area contributed by atoms with Crippen molar-refractivity contribution in [2.75, 3.05) is 19.0 Å². The molecule has 2 aromatic rings. The van der Waals surface area contributed by atoms with Crippen LogP contribution in [0.1, 0.15) is 16.7 Å². The predicted molar refractivity (Wildman–Crippen MR) is 93.1 cm³/mol. The van der Waals surface area contributed by atoms with Crippen LogP contribution in [0.15, 0.2) is 49.1 Å². The highest BCUT2D eigenvalue weighted by molar-refractivity contribution is 5.51. The van der Waals surface area contributed by atoms with Crippen molar-refractivity contribution in [2.45, 2.75) is 19.4 Å². The van der Waals surface area contributed by atoms with Gasteiger partial charge in [-0.2, -0.15) is 0 Å². The van der Waals surface area contributed by atoms with Crippen LogP contribution in [0.2, 0.25) is 0 Å². The molecule has 0 fully saturated rings. The van der Waals surface area contributed by atoms with Crippen molar-refractivity contribution < 1.29 is 14.9 Å². The van der Waals surface area contributed by atoms with Gasteiger partial charge >= 0.3 is 0 Å². The summed E-state index contributed by atoms with van der Waals surface area (Å²) in [5.74, 6) is 0.643. The topological polar surface area (TPSA) is 61.7 Å². The van der Waals surface area contributed by atoms with Gasteiger partial charge in [-0.25, -0.2) is 0 Å². The molecule has 0 aromatic heterocycles. The molecule has 122 valence electrons. The lowest BCUT2D eigenvalue weighted by molar-refractivity contribution is 0.299. The largest absolute Gasteiger partial charge is 0.504 e. The number of hydrogen-bond donors (Lipinski definition) is 3. The lowest BCUT2D eigenvalue weighted by atomic mass is 10.1. The van der Waals surface area contributed by atoms with Crippen LogP contribution in [0.25, 0.3) is 0 Å². The van der Waals surface area contributed by atoms with Crippen LogP contribution < -0.4 is 10.1 Å². The standard InChI is InChI=1S/C19H23NO3/c1-3-4-16-11-15(12-18(23-2)19(16)22)13-20-17-7-5-14(6-8-17)9-10-21/h3,5-8,11-12,20-22H,1,4,9-10,13H2,2H3. The molecule has 0 aliphatic carbocycles. The molecule has 4 nitrogen and oxygen atoms in total. The van der Waals surface area contributed by atoms with Crippen molar-refractivity contribution in [3.05, 3.63) is 65.7 Å². The Labute approximate surface area is 137 Å². The molecule has 23 heavy (non-hydrogen) atoms. The summed E-state index contributed by atoms with van der Waals surface area (Å²) in [7, 11) is 1.55. The molecule has 0 saturated carbocycles. The summed E-state index contributed by atoms with van der Waals surface area (Å²) in [5.41, 5.74) is 3.94. The molecule has 0 radical (unpaired) electrons. The normalized spacial score (nSPS) is 10.3. The van der Waals surface area contributed by atoms with E-state index >= 15 is 0 Å². The third kappa shape index (κ3) is 4.50. The summed E-state index contributed by atoms with van der Waals surface area (Å²) >= 11 is 0. The number of aliphatic hydroxyl groups excluding tert-OH is 1. The van der Waals surface area contributed by atoms with Gasteiger partial charge in [0.2, 0.25) is 0 Å². The molecule has 0 atom stereocenters. The summed E-state index contributed by atoms with van der Waals surface area (Å²) in [6, 6.07) is 11.8. The Morgan fingerprint density at radius 2 is 1.91 bits per heavy atom. The number of aromatic hydroxyl groups is 1. The number of ether oxygens (including phenoxy) is 1. The molecule has 2 rings (SSSR count). The summed E-state index contributed by atoms with van der Waals surface area (Å²) in [5, 5.41) is 22.4. The van der Waals surface area contributed by atoms with Crippen LogP contribution in [-0.4, -0.2) is 23.9 Å². The molecule has 0 spiro atoms. The number of methoxy groups -OCH3 is 1. The van der Waals surface area contributed by atoms with Gasteiger partial charge in [0.1, 0.15) is 0 Å².